The van der Waals surface area contributed by atoms with E-state index in [-0.39, 0.29) is 0 Å². The van der Waals surface area contributed by atoms with Crippen LogP contribution < -0.4 is 0 Å². The molecule has 0 amide bonds. The van der Waals surface area contributed by atoms with E-state index in [2.05, 4.69) is 4.99 Å². The highest BCUT2D eigenvalue weighted by Crippen LogP contribution is 2.33. The molecule has 1 saturated heterocycles. The van der Waals surface area contributed by atoms with Gasteiger partial charge in [0.2, 0.25) is 5.96 Å². The molecule has 1 N–H and O–H groups in total. The molecule has 16 heavy (non-hydrogen) atoms. The predicted octanol–water partition coefficient (Wildman–Crippen LogP) is 2.62. The number of hydroxylamine groups is 2. The van der Waals surface area contributed by atoms with Crippen molar-refractivity contribution >= 4 is 34.8 Å². The highest BCUT2D eigenvalue weighted by molar-refractivity contribution is 6.38. The Hall–Kier alpha value is -0.970. The van der Waals surface area contributed by atoms with Gasteiger partial charge in [0.15, 0.2) is 0 Å². The van der Waals surface area contributed by atoms with E-state index in [4.69, 9.17) is 23.2 Å². The van der Waals surface area contributed by atoms with Gasteiger partial charge < -0.3 is 4.90 Å². The van der Waals surface area contributed by atoms with E-state index in [0.29, 0.717) is 28.2 Å². The molecule has 0 spiro atoms. The van der Waals surface area contributed by atoms with E-state index in [1.807, 2.05) is 11.9 Å². The first kappa shape index (κ1) is 11.5. The maximum absolute atomic E-state index is 9.58. The summed E-state index contributed by atoms with van der Waals surface area (Å²) >= 11 is 12.0. The van der Waals surface area contributed by atoms with Crippen LogP contribution in [0.2, 0.25) is 10.0 Å². The van der Waals surface area contributed by atoms with Crippen LogP contribution in [0.25, 0.3) is 0 Å². The van der Waals surface area contributed by atoms with Gasteiger partial charge in [0, 0.05) is 13.6 Å². The van der Waals surface area contributed by atoms with Crippen molar-refractivity contribution in [2.24, 2.45) is 4.99 Å². The zero-order chi connectivity index (χ0) is 11.7. The van der Waals surface area contributed by atoms with Gasteiger partial charge in [-0.05, 0) is 12.1 Å². The summed E-state index contributed by atoms with van der Waals surface area (Å²) in [4.78, 5) is 6.11. The molecule has 1 heterocycles. The molecule has 86 valence electrons. The highest BCUT2D eigenvalue weighted by Gasteiger charge is 2.22. The van der Waals surface area contributed by atoms with Gasteiger partial charge in [0.05, 0.1) is 16.6 Å². The van der Waals surface area contributed by atoms with Gasteiger partial charge in [-0.15, -0.1) is 0 Å². The van der Waals surface area contributed by atoms with Crippen molar-refractivity contribution in [3.8, 4) is 0 Å². The average Bonchev–Trinajstić information content (AvgIpc) is 2.54. The largest absolute Gasteiger partial charge is 0.342 e. The van der Waals surface area contributed by atoms with Crippen LogP contribution in [0.15, 0.2) is 23.2 Å². The number of para-hydroxylation sites is 1. The third kappa shape index (κ3) is 2.09. The number of guanidine groups is 1. The zero-order valence-electron chi connectivity index (χ0n) is 8.69. The molecule has 0 bridgehead atoms. The molecule has 0 aliphatic carbocycles. The van der Waals surface area contributed by atoms with Crippen molar-refractivity contribution in [3.05, 3.63) is 28.2 Å². The summed E-state index contributed by atoms with van der Waals surface area (Å²) in [5.41, 5.74) is 0.480. The SMILES string of the molecule is CN1CCN(O)C1=Nc1c(Cl)cccc1Cl. The molecular weight excluding hydrogens is 249 g/mol. The Morgan fingerprint density at radius 3 is 2.38 bits per heavy atom. The molecule has 4 nitrogen and oxygen atoms in total. The van der Waals surface area contributed by atoms with Crippen LogP contribution in [-0.4, -0.2) is 41.3 Å². The van der Waals surface area contributed by atoms with Gasteiger partial charge in [-0.3, -0.25) is 5.21 Å². The second-order valence-corrected chi connectivity index (χ2v) is 4.34. The van der Waals surface area contributed by atoms with Crippen LogP contribution >= 0.6 is 23.2 Å². The second kappa shape index (κ2) is 4.49. The number of aliphatic imine (C=N–C) groups is 1. The minimum Gasteiger partial charge on any atom is -0.342 e. The van der Waals surface area contributed by atoms with Gasteiger partial charge >= 0.3 is 0 Å². The lowest BCUT2D eigenvalue weighted by Gasteiger charge is -2.14. The fraction of sp³-hybridized carbons (Fsp3) is 0.300. The molecule has 1 aromatic carbocycles. The summed E-state index contributed by atoms with van der Waals surface area (Å²) < 4.78 is 0. The minimum atomic E-state index is 0.454. The molecule has 1 aliphatic heterocycles. The van der Waals surface area contributed by atoms with Crippen molar-refractivity contribution in [2.45, 2.75) is 0 Å². The van der Waals surface area contributed by atoms with E-state index in [9.17, 15) is 5.21 Å². The van der Waals surface area contributed by atoms with E-state index in [1.54, 1.807) is 18.2 Å². The van der Waals surface area contributed by atoms with Crippen LogP contribution in [0, 0.1) is 0 Å². The Bertz CT molecular complexity index is 404. The van der Waals surface area contributed by atoms with E-state index < -0.39 is 0 Å². The number of hydrogen-bond donors (Lipinski definition) is 1. The lowest BCUT2D eigenvalue weighted by molar-refractivity contribution is -0.00190. The molecule has 1 aromatic rings. The molecule has 0 saturated carbocycles. The molecular formula is C10H11Cl2N3O. The van der Waals surface area contributed by atoms with Gasteiger partial charge in [-0.25, -0.2) is 10.1 Å². The van der Waals surface area contributed by atoms with Crippen molar-refractivity contribution in [1.82, 2.24) is 9.96 Å². The number of nitrogens with zero attached hydrogens (tertiary/aromatic N) is 3. The van der Waals surface area contributed by atoms with Crippen LogP contribution in [0.1, 0.15) is 0 Å². The Kier molecular flexibility index (Phi) is 3.23. The van der Waals surface area contributed by atoms with Crippen molar-refractivity contribution < 1.29 is 5.21 Å². The zero-order valence-corrected chi connectivity index (χ0v) is 10.2. The molecule has 0 radical (unpaired) electrons. The quantitative estimate of drug-likeness (QED) is 0.843. The number of hydrogen-bond acceptors (Lipinski definition) is 2. The van der Waals surface area contributed by atoms with Crippen LogP contribution in [-0.2, 0) is 0 Å². The molecule has 6 heteroatoms. The number of rotatable bonds is 1. The summed E-state index contributed by atoms with van der Waals surface area (Å²) in [5.74, 6) is 0.454. The van der Waals surface area contributed by atoms with Gasteiger partial charge in [0.25, 0.3) is 0 Å². The van der Waals surface area contributed by atoms with Crippen molar-refractivity contribution in [3.63, 3.8) is 0 Å². The Balaban J connectivity index is 2.42. The van der Waals surface area contributed by atoms with E-state index >= 15 is 0 Å². The summed E-state index contributed by atoms with van der Waals surface area (Å²) in [6, 6.07) is 5.18. The van der Waals surface area contributed by atoms with Gasteiger partial charge in [0.1, 0.15) is 5.69 Å². The highest BCUT2D eigenvalue weighted by atomic mass is 35.5. The third-order valence-corrected chi connectivity index (χ3v) is 2.98. The maximum atomic E-state index is 9.58. The average molecular weight is 260 g/mol. The lowest BCUT2D eigenvalue weighted by Crippen LogP contribution is -2.28. The fourth-order valence-corrected chi connectivity index (χ4v) is 1.96. The molecule has 1 fully saturated rings. The molecule has 1 aliphatic rings. The third-order valence-electron chi connectivity index (χ3n) is 2.37. The van der Waals surface area contributed by atoms with Gasteiger partial charge in [-0.2, -0.15) is 0 Å². The smallest absolute Gasteiger partial charge is 0.226 e. The fourth-order valence-electron chi connectivity index (χ4n) is 1.48. The number of likely N-dealkylation sites (N-methyl/N-ethyl adjacent to an activating group) is 1. The van der Waals surface area contributed by atoms with E-state index in [0.717, 1.165) is 11.6 Å². The summed E-state index contributed by atoms with van der Waals surface area (Å²) in [6.45, 7) is 1.24. The Labute approximate surface area is 104 Å². The molecule has 0 aromatic heterocycles. The maximum Gasteiger partial charge on any atom is 0.226 e. The molecule has 0 atom stereocenters. The minimum absolute atomic E-state index is 0.454. The predicted molar refractivity (Wildman–Crippen MR) is 64.7 cm³/mol. The summed E-state index contributed by atoms with van der Waals surface area (Å²) in [7, 11) is 1.85. The van der Waals surface area contributed by atoms with Crippen LogP contribution in [0.5, 0.6) is 0 Å². The molecule has 2 rings (SSSR count). The lowest BCUT2D eigenvalue weighted by atomic mass is 10.3. The molecule has 0 unspecified atom stereocenters. The first-order valence-corrected chi connectivity index (χ1v) is 5.55. The standard InChI is InChI=1S/C10H11Cl2N3O/c1-14-5-6-15(16)10(14)13-9-7(11)3-2-4-8(9)12/h2-4,16H,5-6H2,1H3. The van der Waals surface area contributed by atoms with Gasteiger partial charge in [-0.1, -0.05) is 29.3 Å². The first-order valence-electron chi connectivity index (χ1n) is 4.80. The second-order valence-electron chi connectivity index (χ2n) is 3.53. The number of benzene rings is 1. The van der Waals surface area contributed by atoms with Crippen molar-refractivity contribution in [1.29, 1.82) is 0 Å². The topological polar surface area (TPSA) is 39.1 Å². The Morgan fingerprint density at radius 2 is 1.88 bits per heavy atom. The van der Waals surface area contributed by atoms with Crippen LogP contribution in [0.4, 0.5) is 5.69 Å². The number of halogens is 2. The van der Waals surface area contributed by atoms with Crippen molar-refractivity contribution in [2.75, 3.05) is 20.1 Å². The Morgan fingerprint density at radius 1 is 1.25 bits per heavy atom. The van der Waals surface area contributed by atoms with E-state index in [1.165, 1.54) is 0 Å². The normalized spacial score (nSPS) is 18.6. The summed E-state index contributed by atoms with van der Waals surface area (Å²) in [6.07, 6.45) is 0. The first-order chi connectivity index (χ1) is 7.59. The monoisotopic (exact) mass is 259 g/mol. The summed E-state index contributed by atoms with van der Waals surface area (Å²) in [5, 5.41) is 11.6. The van der Waals surface area contributed by atoms with Crippen LogP contribution in [0.3, 0.4) is 0 Å².